The molecule has 6 rings (SSSR count). The largest absolute Gasteiger partial charge is 0.492 e. The summed E-state index contributed by atoms with van der Waals surface area (Å²) >= 11 is 0. The van der Waals surface area contributed by atoms with Crippen molar-refractivity contribution in [2.24, 2.45) is 5.41 Å². The number of aliphatic hydroxyl groups excluding tert-OH is 1. The molecule has 3 heterocycles. The van der Waals surface area contributed by atoms with Crippen LogP contribution >= 0.6 is 0 Å². The number of nitrogens with zero attached hydrogens (tertiary/aromatic N) is 4. The second kappa shape index (κ2) is 10.4. The summed E-state index contributed by atoms with van der Waals surface area (Å²) in [6, 6.07) is 14.3. The standard InChI is InChI=1S/C31H37N5O4/c1-31(2,3)28(36-18-25(33-34-36)20-12-13-20)30(39)35-17-21(37)16-26(35)29(38)32-24-14-15-40-27-22(10-7-11-23(24)27)19-8-5-4-6-9-19/h4-11,18,20-21,24,26,28,37H,12-17H2,1-3H3,(H,32,38)/t21?,24?,26?,28-/m0/s1. The zero-order valence-corrected chi connectivity index (χ0v) is 23.3. The van der Waals surface area contributed by atoms with Gasteiger partial charge >= 0.3 is 0 Å². The lowest BCUT2D eigenvalue weighted by atomic mass is 9.85. The lowest BCUT2D eigenvalue weighted by molar-refractivity contribution is -0.144. The Labute approximate surface area is 234 Å². The van der Waals surface area contributed by atoms with Gasteiger partial charge in [0.05, 0.1) is 24.4 Å². The summed E-state index contributed by atoms with van der Waals surface area (Å²) in [5.41, 5.74) is 3.38. The van der Waals surface area contributed by atoms with Gasteiger partial charge in [0.15, 0.2) is 0 Å². The van der Waals surface area contributed by atoms with Crippen LogP contribution in [0.1, 0.15) is 75.7 Å². The van der Waals surface area contributed by atoms with Gasteiger partial charge in [0.25, 0.3) is 0 Å². The summed E-state index contributed by atoms with van der Waals surface area (Å²) in [4.78, 5) is 29.4. The number of hydrogen-bond donors (Lipinski definition) is 2. The van der Waals surface area contributed by atoms with Crippen molar-refractivity contribution >= 4 is 11.8 Å². The van der Waals surface area contributed by atoms with Crippen LogP contribution in [0.4, 0.5) is 0 Å². The molecule has 0 bridgehead atoms. The SMILES string of the molecule is CC(C)(C)[C@H](C(=O)N1CC(O)CC1C(=O)NC1CCOc2c(-c3ccccc3)cccc21)n1cc(C2CC2)nn1. The first-order valence-corrected chi connectivity index (χ1v) is 14.2. The third-order valence-corrected chi connectivity index (χ3v) is 8.18. The first kappa shape index (κ1) is 26.5. The molecule has 2 aromatic carbocycles. The highest BCUT2D eigenvalue weighted by molar-refractivity contribution is 5.90. The van der Waals surface area contributed by atoms with Crippen molar-refractivity contribution < 1.29 is 19.4 Å². The molecule has 9 nitrogen and oxygen atoms in total. The molecule has 2 amide bonds. The summed E-state index contributed by atoms with van der Waals surface area (Å²) in [5.74, 6) is 0.699. The van der Waals surface area contributed by atoms with Gasteiger partial charge in [0, 0.05) is 42.6 Å². The topological polar surface area (TPSA) is 110 Å². The number of carbonyl (C=O) groups is 2. The molecule has 0 radical (unpaired) electrons. The highest BCUT2D eigenvalue weighted by Crippen LogP contribution is 2.42. The zero-order chi connectivity index (χ0) is 28.0. The summed E-state index contributed by atoms with van der Waals surface area (Å²) < 4.78 is 7.74. The van der Waals surface area contributed by atoms with Crippen LogP contribution in [0.3, 0.4) is 0 Å². The number of benzene rings is 2. The predicted octanol–water partition coefficient (Wildman–Crippen LogP) is 4.01. The maximum atomic E-state index is 14.1. The number of rotatable bonds is 6. The third-order valence-electron chi connectivity index (χ3n) is 8.18. The van der Waals surface area contributed by atoms with Crippen molar-refractivity contribution in [2.75, 3.05) is 13.2 Å². The van der Waals surface area contributed by atoms with Crippen molar-refractivity contribution in [1.29, 1.82) is 0 Å². The van der Waals surface area contributed by atoms with E-state index in [2.05, 4.69) is 15.6 Å². The number of aliphatic hydroxyl groups is 1. The normalized spacial score (nSPS) is 23.3. The van der Waals surface area contributed by atoms with E-state index in [1.807, 2.05) is 75.5 Å². The number of carbonyl (C=O) groups excluding carboxylic acids is 2. The van der Waals surface area contributed by atoms with Crippen LogP contribution in [0.15, 0.2) is 54.7 Å². The lowest BCUT2D eigenvalue weighted by Crippen LogP contribution is -2.51. The van der Waals surface area contributed by atoms with E-state index in [9.17, 15) is 14.7 Å². The van der Waals surface area contributed by atoms with Crippen LogP contribution < -0.4 is 10.1 Å². The number of nitrogens with one attached hydrogen (secondary N) is 1. The Morgan fingerprint density at radius 3 is 2.58 bits per heavy atom. The Balaban J connectivity index is 1.24. The van der Waals surface area contributed by atoms with Crippen LogP contribution in [0.25, 0.3) is 11.1 Å². The molecule has 1 saturated heterocycles. The van der Waals surface area contributed by atoms with Crippen molar-refractivity contribution in [2.45, 2.75) is 76.6 Å². The van der Waals surface area contributed by atoms with Crippen molar-refractivity contribution in [1.82, 2.24) is 25.2 Å². The van der Waals surface area contributed by atoms with Crippen LogP contribution in [0.2, 0.25) is 0 Å². The second-order valence-corrected chi connectivity index (χ2v) is 12.4. The average molecular weight is 544 g/mol. The Kier molecular flexibility index (Phi) is 6.86. The summed E-state index contributed by atoms with van der Waals surface area (Å²) in [6.07, 6.45) is 4.10. The van der Waals surface area contributed by atoms with Gasteiger partial charge in [-0.05, 0) is 23.8 Å². The average Bonchev–Trinajstić information content (AvgIpc) is 3.54. The van der Waals surface area contributed by atoms with Gasteiger partial charge in [-0.1, -0.05) is 74.5 Å². The van der Waals surface area contributed by atoms with Gasteiger partial charge in [0.2, 0.25) is 11.8 Å². The summed E-state index contributed by atoms with van der Waals surface area (Å²) in [7, 11) is 0. The molecule has 2 fully saturated rings. The first-order valence-electron chi connectivity index (χ1n) is 14.2. The van der Waals surface area contributed by atoms with Crippen LogP contribution in [-0.2, 0) is 9.59 Å². The van der Waals surface area contributed by atoms with Gasteiger partial charge in [-0.25, -0.2) is 4.68 Å². The molecule has 2 N–H and O–H groups in total. The number of ether oxygens (including phenoxy) is 1. The van der Waals surface area contributed by atoms with Crippen LogP contribution in [0, 0.1) is 5.41 Å². The quantitative estimate of drug-likeness (QED) is 0.486. The Hall–Kier alpha value is -3.72. The number of amides is 2. The van der Waals surface area contributed by atoms with Gasteiger partial charge in [-0.2, -0.15) is 0 Å². The molecular weight excluding hydrogens is 506 g/mol. The number of hydrogen-bond acceptors (Lipinski definition) is 6. The molecule has 4 atom stereocenters. The fourth-order valence-electron chi connectivity index (χ4n) is 6.01. The first-order chi connectivity index (χ1) is 19.2. The highest BCUT2D eigenvalue weighted by Gasteiger charge is 2.46. The van der Waals surface area contributed by atoms with Crippen molar-refractivity contribution in [3.8, 4) is 16.9 Å². The van der Waals surface area contributed by atoms with E-state index in [1.54, 1.807) is 4.68 Å². The van der Waals surface area contributed by atoms with E-state index in [0.717, 1.165) is 41.0 Å². The van der Waals surface area contributed by atoms with E-state index in [-0.39, 0.29) is 30.8 Å². The maximum absolute atomic E-state index is 14.1. The van der Waals surface area contributed by atoms with Crippen LogP contribution in [-0.4, -0.2) is 62.1 Å². The van der Waals surface area contributed by atoms with Crippen molar-refractivity contribution in [3.05, 3.63) is 66.0 Å². The molecule has 1 aromatic heterocycles. The fourth-order valence-corrected chi connectivity index (χ4v) is 6.01. The highest BCUT2D eigenvalue weighted by atomic mass is 16.5. The molecule has 0 spiro atoms. The van der Waals surface area contributed by atoms with Crippen LogP contribution in [0.5, 0.6) is 5.75 Å². The number of β-amino-alcohol motifs (C(OH)–C–C–N with tert-alkyl or cyclic N) is 1. The van der Waals surface area contributed by atoms with E-state index < -0.39 is 23.6 Å². The molecule has 1 aliphatic carbocycles. The molecule has 9 heteroatoms. The van der Waals surface area contributed by atoms with Gasteiger partial charge < -0.3 is 20.1 Å². The minimum atomic E-state index is -0.776. The molecule has 210 valence electrons. The molecule has 2 aliphatic heterocycles. The molecule has 3 aliphatic rings. The Morgan fingerprint density at radius 1 is 1.07 bits per heavy atom. The minimum absolute atomic E-state index is 0.107. The third kappa shape index (κ3) is 5.10. The Bertz CT molecular complexity index is 1390. The van der Waals surface area contributed by atoms with Crippen molar-refractivity contribution in [3.63, 3.8) is 0 Å². The number of fused-ring (bicyclic) bond motifs is 1. The number of aromatic nitrogens is 3. The smallest absolute Gasteiger partial charge is 0.248 e. The van der Waals surface area contributed by atoms with E-state index >= 15 is 0 Å². The maximum Gasteiger partial charge on any atom is 0.248 e. The lowest BCUT2D eigenvalue weighted by Gasteiger charge is -2.35. The van der Waals surface area contributed by atoms with E-state index in [4.69, 9.17) is 4.74 Å². The monoisotopic (exact) mass is 543 g/mol. The van der Waals surface area contributed by atoms with Gasteiger partial charge in [-0.15, -0.1) is 5.10 Å². The zero-order valence-electron chi connectivity index (χ0n) is 23.3. The molecule has 40 heavy (non-hydrogen) atoms. The molecule has 3 aromatic rings. The number of likely N-dealkylation sites (tertiary alicyclic amines) is 1. The second-order valence-electron chi connectivity index (χ2n) is 12.4. The predicted molar refractivity (Wildman–Crippen MR) is 149 cm³/mol. The molecule has 3 unspecified atom stereocenters. The molecule has 1 saturated carbocycles. The van der Waals surface area contributed by atoms with Gasteiger partial charge in [0.1, 0.15) is 17.8 Å². The van der Waals surface area contributed by atoms with Gasteiger partial charge in [-0.3, -0.25) is 9.59 Å². The molecular formula is C31H37N5O4. The van der Waals surface area contributed by atoms with E-state index in [1.165, 1.54) is 4.90 Å². The van der Waals surface area contributed by atoms with E-state index in [0.29, 0.717) is 18.9 Å². The Morgan fingerprint density at radius 2 is 1.85 bits per heavy atom. The fraction of sp³-hybridized carbons (Fsp3) is 0.484. The minimum Gasteiger partial charge on any atom is -0.492 e. The number of para-hydroxylation sites is 1. The summed E-state index contributed by atoms with van der Waals surface area (Å²) in [6.45, 7) is 6.53. The summed E-state index contributed by atoms with van der Waals surface area (Å²) in [5, 5.41) is 22.4.